The Labute approximate surface area is 290 Å². The second kappa shape index (κ2) is 11.1. The van der Waals surface area contributed by atoms with Gasteiger partial charge in [-0.1, -0.05) is 75.4 Å². The van der Waals surface area contributed by atoms with Crippen LogP contribution in [-0.2, 0) is 16.4 Å². The number of phenols is 1. The average Bonchev–Trinajstić information content (AvgIpc) is 3.66. The van der Waals surface area contributed by atoms with Crippen LogP contribution in [0.4, 0.5) is 0 Å². The van der Waals surface area contributed by atoms with E-state index in [0.717, 1.165) is 48.8 Å². The highest BCUT2D eigenvalue weighted by Gasteiger charge is 2.68. The molecule has 0 aromatic heterocycles. The zero-order valence-corrected chi connectivity index (χ0v) is 35.7. The van der Waals surface area contributed by atoms with Gasteiger partial charge in [0.05, 0.1) is 6.04 Å². The number of phenolic OH excluding ortho intramolecular Hbond substituents is 1. The van der Waals surface area contributed by atoms with E-state index in [1.165, 1.54) is 31.4 Å². The van der Waals surface area contributed by atoms with Gasteiger partial charge in [0, 0.05) is 35.2 Å². The first kappa shape index (κ1) is 36.0. The highest BCUT2D eigenvalue weighted by Crippen LogP contribution is 2.67. The molecule has 1 saturated heterocycles. The van der Waals surface area contributed by atoms with Crippen molar-refractivity contribution in [3.05, 3.63) is 17.2 Å². The van der Waals surface area contributed by atoms with Gasteiger partial charge in [-0.3, -0.25) is 4.90 Å². The van der Waals surface area contributed by atoms with Crippen LogP contribution in [-0.4, -0.2) is 70.9 Å². The van der Waals surface area contributed by atoms with Gasteiger partial charge in [-0.15, -0.1) is 0 Å². The quantitative estimate of drug-likeness (QED) is 0.215. The maximum atomic E-state index is 11.9. The third kappa shape index (κ3) is 5.63. The Bertz CT molecular complexity index is 1390. The Morgan fingerprint density at radius 1 is 0.894 bits per heavy atom. The summed E-state index contributed by atoms with van der Waals surface area (Å²) in [5.41, 5.74) is 2.30. The minimum absolute atomic E-state index is 0.0247. The molecule has 5 aliphatic rings. The van der Waals surface area contributed by atoms with Gasteiger partial charge in [0.1, 0.15) is 11.9 Å². The summed E-state index contributed by atoms with van der Waals surface area (Å²) in [4.78, 5) is 2.82. The van der Waals surface area contributed by atoms with E-state index < -0.39 is 24.9 Å². The Morgan fingerprint density at radius 3 is 2.06 bits per heavy atom. The lowest BCUT2D eigenvalue weighted by Crippen LogP contribution is -2.73. The van der Waals surface area contributed by atoms with Gasteiger partial charge in [0.15, 0.2) is 19.7 Å². The lowest BCUT2D eigenvalue weighted by atomic mass is 9.51. The van der Waals surface area contributed by atoms with Gasteiger partial charge in [0.2, 0.25) is 8.32 Å². The smallest absolute Gasteiger partial charge is 0.250 e. The highest BCUT2D eigenvalue weighted by molar-refractivity contribution is 6.79. The van der Waals surface area contributed by atoms with E-state index in [4.69, 9.17) is 13.7 Å². The molecule has 2 aliphatic heterocycles. The van der Waals surface area contributed by atoms with Crippen LogP contribution in [0.5, 0.6) is 17.2 Å². The van der Waals surface area contributed by atoms with Crippen LogP contribution in [0.25, 0.3) is 0 Å². The fourth-order valence-corrected chi connectivity index (χ4v) is 13.8. The van der Waals surface area contributed by atoms with Gasteiger partial charge >= 0.3 is 0 Å². The van der Waals surface area contributed by atoms with Crippen LogP contribution in [0.3, 0.4) is 0 Å². The largest absolute Gasteiger partial charge is 0.541 e. The molecule has 1 aromatic carbocycles. The minimum atomic E-state index is -2.20. The highest BCUT2D eigenvalue weighted by atomic mass is 28.4. The molecule has 1 N–H and O–H groups in total. The van der Waals surface area contributed by atoms with Crippen LogP contribution in [0.1, 0.15) is 106 Å². The summed E-state index contributed by atoms with van der Waals surface area (Å²) >= 11 is 0. The molecular formula is C38H68N2O4Si3. The third-order valence-electron chi connectivity index (χ3n) is 14.7. The first-order chi connectivity index (χ1) is 21.3. The molecule has 1 aromatic rings. The van der Waals surface area contributed by atoms with Crippen molar-refractivity contribution in [3.8, 4) is 17.2 Å². The van der Waals surface area contributed by atoms with Crippen LogP contribution >= 0.6 is 0 Å². The average molecular weight is 701 g/mol. The SMILES string of the molecule is CC(C)(C)[Si](C)(C)Oc1cc(O)c2c3c1O[C@H]1[C@H](N(O[Si](C)(C)C(C)(C)C)[Si](C)(C)C(C)(C)C)CC[C@H]4[C@@H](C2)N(CC2CC2)CC[C@@]341. The Morgan fingerprint density at radius 2 is 1.51 bits per heavy atom. The van der Waals surface area contributed by atoms with Gasteiger partial charge in [-0.2, -0.15) is 0 Å². The summed E-state index contributed by atoms with van der Waals surface area (Å²) in [7, 11) is -6.54. The summed E-state index contributed by atoms with van der Waals surface area (Å²) in [5.74, 6) is 3.51. The lowest BCUT2D eigenvalue weighted by Gasteiger charge is -2.62. The fourth-order valence-electron chi connectivity index (χ4n) is 8.56. The molecular weight excluding hydrogens is 633 g/mol. The molecule has 2 heterocycles. The third-order valence-corrected chi connectivity index (χ3v) is 28.7. The van der Waals surface area contributed by atoms with Crippen LogP contribution in [0, 0.1) is 11.8 Å². The number of hydroxylamine groups is 1. The number of nitrogens with zero attached hydrogens (tertiary/aromatic N) is 2. The van der Waals surface area contributed by atoms with E-state index in [9.17, 15) is 5.11 Å². The minimum Gasteiger partial charge on any atom is -0.541 e. The monoisotopic (exact) mass is 700 g/mol. The molecule has 3 fully saturated rings. The number of rotatable bonds is 8. The molecule has 2 bridgehead atoms. The van der Waals surface area contributed by atoms with Crippen LogP contribution in [0.2, 0.25) is 54.4 Å². The Kier molecular flexibility index (Phi) is 8.47. The van der Waals surface area contributed by atoms with Crippen molar-refractivity contribution in [3.63, 3.8) is 0 Å². The summed E-state index contributed by atoms with van der Waals surface area (Å²) in [6.45, 7) is 38.0. The van der Waals surface area contributed by atoms with Gasteiger partial charge in [-0.05, 0) is 98.2 Å². The van der Waals surface area contributed by atoms with Crippen molar-refractivity contribution < 1.29 is 18.8 Å². The molecule has 0 radical (unpaired) electrons. The zero-order valence-electron chi connectivity index (χ0n) is 32.7. The number of aromatic hydroxyl groups is 1. The number of likely N-dealkylation sites (tertiary alicyclic amines) is 1. The molecule has 5 atom stereocenters. The fraction of sp³-hybridized carbons (Fsp3) is 0.842. The summed E-state index contributed by atoms with van der Waals surface area (Å²) in [5, 5.41) is 12.1. The number of ether oxygens (including phenoxy) is 1. The second-order valence-electron chi connectivity index (χ2n) is 20.7. The summed E-state index contributed by atoms with van der Waals surface area (Å²) < 4.78 is 24.8. The molecule has 0 amide bonds. The molecule has 9 heteroatoms. The molecule has 3 aliphatic carbocycles. The van der Waals surface area contributed by atoms with Crippen molar-refractivity contribution in [1.82, 2.24) is 9.63 Å². The number of benzene rings is 1. The number of hydrogen-bond acceptors (Lipinski definition) is 6. The van der Waals surface area contributed by atoms with Crippen molar-refractivity contribution >= 4 is 24.9 Å². The first-order valence-electron chi connectivity index (χ1n) is 18.8. The van der Waals surface area contributed by atoms with E-state index in [1.54, 1.807) is 0 Å². The number of piperidine rings is 1. The van der Waals surface area contributed by atoms with E-state index >= 15 is 0 Å². The molecule has 6 rings (SSSR count). The van der Waals surface area contributed by atoms with Crippen molar-refractivity contribution in [2.75, 3.05) is 13.1 Å². The normalized spacial score (nSPS) is 30.0. The van der Waals surface area contributed by atoms with Gasteiger partial charge < -0.3 is 18.8 Å². The molecule has 1 spiro atoms. The number of hydrogen-bond donors (Lipinski definition) is 1. The van der Waals surface area contributed by atoms with E-state index in [0.29, 0.717) is 17.7 Å². The maximum Gasteiger partial charge on any atom is 0.250 e. The van der Waals surface area contributed by atoms with E-state index in [1.807, 2.05) is 6.07 Å². The Hall–Kier alpha value is -0.849. The topological polar surface area (TPSA) is 54.4 Å². The summed E-state index contributed by atoms with van der Waals surface area (Å²) in [6, 6.07) is 2.53. The van der Waals surface area contributed by atoms with E-state index in [2.05, 4.69) is 111 Å². The molecule has 2 saturated carbocycles. The zero-order chi connectivity index (χ0) is 34.9. The van der Waals surface area contributed by atoms with Gasteiger partial charge in [-0.25, -0.2) is 4.73 Å². The molecule has 266 valence electrons. The second-order valence-corrected chi connectivity index (χ2v) is 35.2. The van der Waals surface area contributed by atoms with Crippen molar-refractivity contribution in [2.45, 2.75) is 179 Å². The molecule has 6 nitrogen and oxygen atoms in total. The van der Waals surface area contributed by atoms with Crippen LogP contribution in [0.15, 0.2) is 6.07 Å². The molecule has 47 heavy (non-hydrogen) atoms. The Balaban J connectivity index is 1.52. The van der Waals surface area contributed by atoms with Crippen molar-refractivity contribution in [2.24, 2.45) is 11.8 Å². The standard InChI is InChI=1S/C38H68N2O4Si3/c1-35(2,3)45(10,11)40(44-47(14,15)37(7,8)9)28-19-18-27-29-22-26-30(41)23-31(43-46(12,13)36(4,5)6)33-32(26)38(27,34(28)42-33)20-21-39(29)24-25-16-17-25/h23,25,27-29,34,41H,16-22,24H2,1-15H3/t27-,28+,29+,34-,38-/m0/s1. The summed E-state index contributed by atoms with van der Waals surface area (Å²) in [6.07, 6.45) is 6.98. The van der Waals surface area contributed by atoms with Gasteiger partial charge in [0.25, 0.3) is 8.32 Å². The lowest BCUT2D eigenvalue weighted by molar-refractivity contribution is -0.136. The maximum absolute atomic E-state index is 11.9. The predicted molar refractivity (Wildman–Crippen MR) is 202 cm³/mol. The molecule has 0 unspecified atom stereocenters. The first-order valence-corrected chi connectivity index (χ1v) is 27.6. The predicted octanol–water partition coefficient (Wildman–Crippen LogP) is 9.84. The van der Waals surface area contributed by atoms with Crippen LogP contribution < -0.4 is 9.16 Å². The van der Waals surface area contributed by atoms with Crippen molar-refractivity contribution in [1.29, 1.82) is 0 Å². The van der Waals surface area contributed by atoms with E-state index in [-0.39, 0.29) is 32.7 Å².